The van der Waals surface area contributed by atoms with Gasteiger partial charge in [0, 0.05) is 5.56 Å². The molecule has 5 heteroatoms. The van der Waals surface area contributed by atoms with E-state index in [1.54, 1.807) is 0 Å². The van der Waals surface area contributed by atoms with Crippen LogP contribution in [0.1, 0.15) is 15.9 Å². The maximum Gasteiger partial charge on any atom is 0.263 e. The first-order valence-electron chi connectivity index (χ1n) is 12.3. The Kier molecular flexibility index (Phi) is 7.37. The normalized spacial score (nSPS) is 11.7. The second-order valence-corrected chi connectivity index (χ2v) is 12.6. The molecule has 0 atom stereocenters. The number of nitrogens with one attached hydrogen (secondary N) is 1. The Hall–Kier alpha value is -3.85. The summed E-state index contributed by atoms with van der Waals surface area (Å²) in [6.45, 7) is 0. The van der Waals surface area contributed by atoms with Gasteiger partial charge in [0.15, 0.2) is 11.9 Å². The molecule has 0 heterocycles. The Labute approximate surface area is 233 Å². The summed E-state index contributed by atoms with van der Waals surface area (Å²) in [5.41, 5.74) is 3.60. The van der Waals surface area contributed by atoms with Gasteiger partial charge in [0.25, 0.3) is 5.91 Å². The number of rotatable bonds is 6. The number of halogens is 1. The number of anilines is 1. The molecule has 0 aromatic heterocycles. The van der Waals surface area contributed by atoms with Crippen LogP contribution >= 0.6 is 7.26 Å². The number of amides is 1. The average Bonchev–Trinajstić information content (AvgIpc) is 3.26. The molecular formula is C33H25BrNO2P. The lowest BCUT2D eigenvalue weighted by Crippen LogP contribution is -3.00. The fourth-order valence-electron chi connectivity index (χ4n) is 5.35. The number of carbonyl (C=O) groups excluding carboxylic acids is 2. The Morgan fingerprint density at radius 3 is 1.53 bits per heavy atom. The number of carbonyl (C=O) groups is 2. The Balaban J connectivity index is 0.00000294. The highest BCUT2D eigenvalue weighted by atomic mass is 79.9. The molecule has 38 heavy (non-hydrogen) atoms. The molecule has 186 valence electrons. The smallest absolute Gasteiger partial charge is 0.263 e. The van der Waals surface area contributed by atoms with E-state index in [0.717, 1.165) is 27.0 Å². The molecule has 1 aliphatic carbocycles. The van der Waals surface area contributed by atoms with Crippen molar-refractivity contribution >= 4 is 40.6 Å². The van der Waals surface area contributed by atoms with Crippen molar-refractivity contribution in [2.24, 2.45) is 0 Å². The zero-order chi connectivity index (χ0) is 25.2. The van der Waals surface area contributed by atoms with Gasteiger partial charge in [-0.15, -0.1) is 0 Å². The molecular weight excluding hydrogens is 553 g/mol. The van der Waals surface area contributed by atoms with Crippen molar-refractivity contribution in [1.29, 1.82) is 0 Å². The third-order valence-corrected chi connectivity index (χ3v) is 11.3. The fourth-order valence-corrected chi connectivity index (χ4v) is 9.35. The molecule has 0 unspecified atom stereocenters. The topological polar surface area (TPSA) is 46.2 Å². The lowest BCUT2D eigenvalue weighted by Gasteiger charge is -2.27. The average molecular weight is 578 g/mol. The van der Waals surface area contributed by atoms with Gasteiger partial charge in [0.05, 0.1) is 11.3 Å². The van der Waals surface area contributed by atoms with Crippen LogP contribution in [0.15, 0.2) is 133 Å². The first-order valence-corrected chi connectivity index (χ1v) is 14.3. The number of ketones is 1. The Bertz CT molecular complexity index is 1510. The number of benzene rings is 5. The third kappa shape index (κ3) is 4.41. The molecule has 1 amide bonds. The second-order valence-electron chi connectivity index (χ2n) is 9.13. The Morgan fingerprint density at radius 1 is 0.553 bits per heavy atom. The quantitative estimate of drug-likeness (QED) is 0.309. The van der Waals surface area contributed by atoms with E-state index in [9.17, 15) is 9.59 Å². The van der Waals surface area contributed by atoms with Crippen LogP contribution in [-0.2, 0) is 4.79 Å². The summed E-state index contributed by atoms with van der Waals surface area (Å²) >= 11 is 0. The van der Waals surface area contributed by atoms with Crippen molar-refractivity contribution in [3.8, 4) is 11.1 Å². The van der Waals surface area contributed by atoms with Crippen LogP contribution in [0, 0.1) is 0 Å². The van der Waals surface area contributed by atoms with E-state index in [2.05, 4.69) is 41.7 Å². The van der Waals surface area contributed by atoms with Gasteiger partial charge in [0.1, 0.15) is 23.2 Å². The lowest BCUT2D eigenvalue weighted by atomic mass is 10.0. The molecule has 0 fully saturated rings. The van der Waals surface area contributed by atoms with E-state index in [-0.39, 0.29) is 34.8 Å². The maximum atomic E-state index is 13.9. The summed E-state index contributed by atoms with van der Waals surface area (Å²) in [6, 6.07) is 44.3. The zero-order valence-electron chi connectivity index (χ0n) is 20.6. The van der Waals surface area contributed by atoms with Crippen molar-refractivity contribution < 1.29 is 26.6 Å². The van der Waals surface area contributed by atoms with Crippen LogP contribution in [0.2, 0.25) is 0 Å². The molecule has 0 bridgehead atoms. The van der Waals surface area contributed by atoms with E-state index in [4.69, 9.17) is 0 Å². The minimum absolute atomic E-state index is 0. The highest BCUT2D eigenvalue weighted by Crippen LogP contribution is 2.55. The Morgan fingerprint density at radius 2 is 1.00 bits per heavy atom. The summed E-state index contributed by atoms with van der Waals surface area (Å²) in [7, 11) is -2.34. The molecule has 3 nitrogen and oxygen atoms in total. The monoisotopic (exact) mass is 577 g/mol. The van der Waals surface area contributed by atoms with Crippen LogP contribution in [0.3, 0.4) is 0 Å². The van der Waals surface area contributed by atoms with Crippen LogP contribution in [0.4, 0.5) is 5.69 Å². The van der Waals surface area contributed by atoms with Gasteiger partial charge >= 0.3 is 0 Å². The summed E-state index contributed by atoms with van der Waals surface area (Å²) in [5.74, 6) is -0.154. The van der Waals surface area contributed by atoms with Crippen molar-refractivity contribution in [2.45, 2.75) is 0 Å². The van der Waals surface area contributed by atoms with E-state index < -0.39 is 7.26 Å². The van der Waals surface area contributed by atoms with E-state index >= 15 is 0 Å². The highest BCUT2D eigenvalue weighted by Gasteiger charge is 2.47. The second kappa shape index (κ2) is 10.9. The number of hydrogen-bond donors (Lipinski definition) is 1. The van der Waals surface area contributed by atoms with Crippen LogP contribution in [0.25, 0.3) is 11.1 Å². The van der Waals surface area contributed by atoms with Crippen LogP contribution < -0.4 is 38.2 Å². The van der Waals surface area contributed by atoms with Crippen molar-refractivity contribution in [3.63, 3.8) is 0 Å². The summed E-state index contributed by atoms with van der Waals surface area (Å²) in [6.07, 6.45) is 0.288. The molecule has 0 saturated carbocycles. The molecule has 5 aromatic rings. The standard InChI is InChI=1S/C33H24NO2P.BrH/c35-31(34-30-22-12-21-28-27-19-10-11-20-29(27)33(36)32(28)30)23-37(24-13-4-1-5-14-24,25-15-6-2-7-16-25)26-17-8-3-9-18-26;/h1-22H,23H2;1H. The van der Waals surface area contributed by atoms with Gasteiger partial charge in [0.2, 0.25) is 0 Å². The predicted octanol–water partition coefficient (Wildman–Crippen LogP) is 2.83. The summed E-state index contributed by atoms with van der Waals surface area (Å²) in [5, 5.41) is 6.57. The van der Waals surface area contributed by atoms with Gasteiger partial charge in [-0.2, -0.15) is 0 Å². The number of hydrogen-bond acceptors (Lipinski definition) is 2. The van der Waals surface area contributed by atoms with Crippen molar-refractivity contribution in [3.05, 3.63) is 145 Å². The molecule has 0 radical (unpaired) electrons. The first kappa shape index (κ1) is 25.8. The summed E-state index contributed by atoms with van der Waals surface area (Å²) in [4.78, 5) is 27.2. The zero-order valence-corrected chi connectivity index (χ0v) is 23.0. The molecule has 5 aromatic carbocycles. The molecule has 0 aliphatic heterocycles. The first-order chi connectivity index (χ1) is 18.2. The van der Waals surface area contributed by atoms with Gasteiger partial charge < -0.3 is 22.3 Å². The lowest BCUT2D eigenvalue weighted by molar-refractivity contribution is -0.113. The van der Waals surface area contributed by atoms with E-state index in [0.29, 0.717) is 16.8 Å². The highest BCUT2D eigenvalue weighted by molar-refractivity contribution is 7.96. The maximum absolute atomic E-state index is 13.9. The fraction of sp³-hybridized carbons (Fsp3) is 0.0303. The van der Waals surface area contributed by atoms with Gasteiger partial charge in [-0.3, -0.25) is 9.59 Å². The van der Waals surface area contributed by atoms with Crippen LogP contribution in [0.5, 0.6) is 0 Å². The van der Waals surface area contributed by atoms with Crippen LogP contribution in [-0.4, -0.2) is 17.9 Å². The molecule has 0 spiro atoms. The molecule has 6 rings (SSSR count). The van der Waals surface area contributed by atoms with E-state index in [1.165, 1.54) is 0 Å². The minimum atomic E-state index is -2.34. The molecule has 1 N–H and O–H groups in total. The largest absolute Gasteiger partial charge is 1.00 e. The predicted molar refractivity (Wildman–Crippen MR) is 154 cm³/mol. The van der Waals surface area contributed by atoms with Gasteiger partial charge in [-0.25, -0.2) is 0 Å². The molecule has 0 saturated heterocycles. The minimum Gasteiger partial charge on any atom is -1.00 e. The van der Waals surface area contributed by atoms with E-state index in [1.807, 2.05) is 97.1 Å². The van der Waals surface area contributed by atoms with Gasteiger partial charge in [-0.1, -0.05) is 91.0 Å². The number of fused-ring (bicyclic) bond motifs is 3. The van der Waals surface area contributed by atoms with Crippen molar-refractivity contribution in [2.75, 3.05) is 11.5 Å². The van der Waals surface area contributed by atoms with Gasteiger partial charge in [-0.05, 0) is 53.6 Å². The van der Waals surface area contributed by atoms with Crippen molar-refractivity contribution in [1.82, 2.24) is 0 Å². The summed E-state index contributed by atoms with van der Waals surface area (Å²) < 4.78 is 0. The SMILES string of the molecule is O=C(C[P+](c1ccccc1)(c1ccccc1)c1ccccc1)Nc1cccc2c1C(=O)c1ccccc1-2.[Br-]. The molecule has 1 aliphatic rings. The third-order valence-electron chi connectivity index (χ3n) is 7.00.